The summed E-state index contributed by atoms with van der Waals surface area (Å²) >= 11 is 5.79. The molecule has 0 fully saturated rings. The van der Waals surface area contributed by atoms with Crippen molar-refractivity contribution in [2.24, 2.45) is 0 Å². The molecule has 0 aliphatic rings. The van der Waals surface area contributed by atoms with Gasteiger partial charge in [0.25, 0.3) is 0 Å². The lowest BCUT2D eigenvalue weighted by molar-refractivity contribution is 0.104. The highest BCUT2D eigenvalue weighted by molar-refractivity contribution is 6.30. The minimum atomic E-state index is -0.0565. The van der Waals surface area contributed by atoms with Gasteiger partial charge in [0, 0.05) is 28.5 Å². The van der Waals surface area contributed by atoms with E-state index in [9.17, 15) is 4.79 Å². The molecule has 0 aliphatic carbocycles. The second-order valence-corrected chi connectivity index (χ2v) is 5.10. The Hall–Kier alpha value is -2.06. The van der Waals surface area contributed by atoms with E-state index in [2.05, 4.69) is 18.3 Å². The van der Waals surface area contributed by atoms with Crippen LogP contribution >= 0.6 is 11.6 Å². The van der Waals surface area contributed by atoms with Crippen LogP contribution in [0, 0.1) is 13.8 Å². The first-order chi connectivity index (χ1) is 9.56. The molecule has 2 nitrogen and oxygen atoms in total. The molecule has 102 valence electrons. The van der Waals surface area contributed by atoms with Gasteiger partial charge in [0.05, 0.1) is 0 Å². The van der Waals surface area contributed by atoms with Gasteiger partial charge in [-0.05, 0) is 49.7 Å². The lowest BCUT2D eigenvalue weighted by Gasteiger charge is -2.06. The van der Waals surface area contributed by atoms with Crippen molar-refractivity contribution in [1.29, 1.82) is 0 Å². The monoisotopic (exact) mass is 285 g/mol. The molecule has 0 aliphatic heterocycles. The van der Waals surface area contributed by atoms with Crippen molar-refractivity contribution in [3.63, 3.8) is 0 Å². The fourth-order valence-electron chi connectivity index (χ4n) is 1.89. The molecule has 1 N–H and O–H groups in total. The summed E-state index contributed by atoms with van der Waals surface area (Å²) in [5, 5.41) is 3.75. The Balaban J connectivity index is 2.02. The molecule has 0 amide bonds. The van der Waals surface area contributed by atoms with Crippen LogP contribution in [0.1, 0.15) is 21.5 Å². The summed E-state index contributed by atoms with van der Waals surface area (Å²) in [5.74, 6) is -0.0565. The molecule has 2 aromatic carbocycles. The molecule has 20 heavy (non-hydrogen) atoms. The van der Waals surface area contributed by atoms with Crippen molar-refractivity contribution in [2.75, 3.05) is 5.32 Å². The Morgan fingerprint density at radius 3 is 2.45 bits per heavy atom. The third kappa shape index (κ3) is 3.72. The number of aryl methyl sites for hydroxylation is 2. The van der Waals surface area contributed by atoms with Gasteiger partial charge in [0.1, 0.15) is 0 Å². The smallest absolute Gasteiger partial charge is 0.187 e. The maximum Gasteiger partial charge on any atom is 0.187 e. The van der Waals surface area contributed by atoms with Crippen molar-refractivity contribution in [3.8, 4) is 0 Å². The van der Waals surface area contributed by atoms with Crippen LogP contribution in [0.2, 0.25) is 5.02 Å². The average molecular weight is 286 g/mol. The highest BCUT2D eigenvalue weighted by Crippen LogP contribution is 2.16. The summed E-state index contributed by atoms with van der Waals surface area (Å²) in [6.45, 7) is 4.08. The van der Waals surface area contributed by atoms with Gasteiger partial charge in [-0.25, -0.2) is 0 Å². The average Bonchev–Trinajstić information content (AvgIpc) is 2.42. The molecule has 0 radical (unpaired) electrons. The molecule has 0 bridgehead atoms. The molecule has 0 spiro atoms. The van der Waals surface area contributed by atoms with Gasteiger partial charge in [-0.1, -0.05) is 29.3 Å². The van der Waals surface area contributed by atoms with E-state index >= 15 is 0 Å². The minimum absolute atomic E-state index is 0.0565. The molecule has 0 atom stereocenters. The van der Waals surface area contributed by atoms with Crippen LogP contribution in [-0.4, -0.2) is 5.78 Å². The summed E-state index contributed by atoms with van der Waals surface area (Å²) in [4.78, 5) is 11.9. The number of hydrogen-bond donors (Lipinski definition) is 1. The van der Waals surface area contributed by atoms with Crippen LogP contribution in [0.25, 0.3) is 0 Å². The van der Waals surface area contributed by atoms with E-state index in [1.807, 2.05) is 19.1 Å². The third-order valence-electron chi connectivity index (χ3n) is 2.98. The second-order valence-electron chi connectivity index (χ2n) is 4.67. The molecular formula is C17H16ClNO. The van der Waals surface area contributed by atoms with Gasteiger partial charge in [-0.15, -0.1) is 0 Å². The summed E-state index contributed by atoms with van der Waals surface area (Å²) in [6.07, 6.45) is 3.18. The molecule has 3 heteroatoms. The third-order valence-corrected chi connectivity index (χ3v) is 3.24. The molecule has 0 heterocycles. The van der Waals surface area contributed by atoms with Crippen LogP contribution in [0.15, 0.2) is 54.7 Å². The quantitative estimate of drug-likeness (QED) is 0.648. The number of anilines is 1. The molecule has 2 rings (SSSR count). The zero-order valence-electron chi connectivity index (χ0n) is 11.5. The standard InChI is InChI=1S/C17H16ClNO/c1-12-3-8-16(13(2)11-12)19-10-9-17(20)14-4-6-15(18)7-5-14/h3-11,19H,1-2H3. The van der Waals surface area contributed by atoms with Gasteiger partial charge in [0.15, 0.2) is 5.78 Å². The van der Waals surface area contributed by atoms with Gasteiger partial charge >= 0.3 is 0 Å². The van der Waals surface area contributed by atoms with E-state index < -0.39 is 0 Å². The Morgan fingerprint density at radius 1 is 1.10 bits per heavy atom. The van der Waals surface area contributed by atoms with Crippen molar-refractivity contribution < 1.29 is 4.79 Å². The predicted octanol–water partition coefficient (Wildman–Crippen LogP) is 4.77. The van der Waals surface area contributed by atoms with E-state index in [-0.39, 0.29) is 5.78 Å². The number of benzene rings is 2. The van der Waals surface area contributed by atoms with Crippen molar-refractivity contribution in [2.45, 2.75) is 13.8 Å². The van der Waals surface area contributed by atoms with Gasteiger partial charge in [-0.2, -0.15) is 0 Å². The minimum Gasteiger partial charge on any atom is -0.361 e. The van der Waals surface area contributed by atoms with Crippen molar-refractivity contribution in [3.05, 3.63) is 76.5 Å². The molecule has 2 aromatic rings. The van der Waals surface area contributed by atoms with E-state index in [4.69, 9.17) is 11.6 Å². The Kier molecular flexibility index (Phi) is 4.59. The van der Waals surface area contributed by atoms with E-state index in [0.29, 0.717) is 10.6 Å². The van der Waals surface area contributed by atoms with Crippen LogP contribution in [0.5, 0.6) is 0 Å². The maximum absolute atomic E-state index is 11.9. The number of hydrogen-bond acceptors (Lipinski definition) is 2. The molecule has 0 aromatic heterocycles. The first-order valence-electron chi connectivity index (χ1n) is 6.36. The number of halogens is 1. The highest BCUT2D eigenvalue weighted by Gasteiger charge is 2.01. The molecular weight excluding hydrogens is 270 g/mol. The number of rotatable bonds is 4. The van der Waals surface area contributed by atoms with Crippen molar-refractivity contribution in [1.82, 2.24) is 0 Å². The molecule has 0 saturated carbocycles. The molecule has 0 unspecified atom stereocenters. The fraction of sp³-hybridized carbons (Fsp3) is 0.118. The largest absolute Gasteiger partial charge is 0.361 e. The maximum atomic E-state index is 11.9. The fourth-order valence-corrected chi connectivity index (χ4v) is 2.02. The van der Waals surface area contributed by atoms with Crippen LogP contribution < -0.4 is 5.32 Å². The van der Waals surface area contributed by atoms with Crippen molar-refractivity contribution >= 4 is 23.1 Å². The molecule has 0 saturated heterocycles. The van der Waals surface area contributed by atoms with E-state index in [0.717, 1.165) is 11.3 Å². The zero-order valence-corrected chi connectivity index (χ0v) is 12.2. The lowest BCUT2D eigenvalue weighted by atomic mass is 10.1. The topological polar surface area (TPSA) is 29.1 Å². The summed E-state index contributed by atoms with van der Waals surface area (Å²) in [6, 6.07) is 13.0. The summed E-state index contributed by atoms with van der Waals surface area (Å²) in [5.41, 5.74) is 3.98. The predicted molar refractivity (Wildman–Crippen MR) is 84.5 cm³/mol. The number of nitrogens with one attached hydrogen (secondary N) is 1. The first-order valence-corrected chi connectivity index (χ1v) is 6.74. The van der Waals surface area contributed by atoms with E-state index in [1.54, 1.807) is 30.5 Å². The normalized spacial score (nSPS) is 10.8. The number of carbonyl (C=O) groups is 1. The highest BCUT2D eigenvalue weighted by atomic mass is 35.5. The zero-order chi connectivity index (χ0) is 14.5. The van der Waals surface area contributed by atoms with Crippen LogP contribution in [0.4, 0.5) is 5.69 Å². The number of carbonyl (C=O) groups excluding carboxylic acids is 1. The summed E-state index contributed by atoms with van der Waals surface area (Å²) < 4.78 is 0. The lowest BCUT2D eigenvalue weighted by Crippen LogP contribution is -1.97. The Morgan fingerprint density at radius 2 is 1.80 bits per heavy atom. The first kappa shape index (κ1) is 14.4. The van der Waals surface area contributed by atoms with Gasteiger partial charge in [0.2, 0.25) is 0 Å². The van der Waals surface area contributed by atoms with Gasteiger partial charge in [-0.3, -0.25) is 4.79 Å². The van der Waals surface area contributed by atoms with Crippen LogP contribution in [0.3, 0.4) is 0 Å². The Bertz CT molecular complexity index is 645. The van der Waals surface area contributed by atoms with E-state index in [1.165, 1.54) is 11.6 Å². The second kappa shape index (κ2) is 6.40. The SMILES string of the molecule is Cc1ccc(NC=CC(=O)c2ccc(Cl)cc2)c(C)c1. The Labute approximate surface area is 124 Å². The van der Waals surface area contributed by atoms with Gasteiger partial charge < -0.3 is 5.32 Å². The number of allylic oxidation sites excluding steroid dienone is 1. The summed E-state index contributed by atoms with van der Waals surface area (Å²) in [7, 11) is 0. The number of ketones is 1. The van der Waals surface area contributed by atoms with Crippen LogP contribution in [-0.2, 0) is 0 Å².